The Balaban J connectivity index is 2.36. The van der Waals surface area contributed by atoms with Crippen LogP contribution >= 0.6 is 0 Å². The molecular weight excluding hydrogens is 371 g/mol. The summed E-state index contributed by atoms with van der Waals surface area (Å²) in [7, 11) is -4.87. The highest BCUT2D eigenvalue weighted by Crippen LogP contribution is 2.36. The van der Waals surface area contributed by atoms with E-state index in [0.29, 0.717) is 5.46 Å². The van der Waals surface area contributed by atoms with Gasteiger partial charge in [-0.3, -0.25) is 5.32 Å². The summed E-state index contributed by atoms with van der Waals surface area (Å²) in [6.07, 6.45) is -0.782. The maximum absolute atomic E-state index is 12.0. The van der Waals surface area contributed by atoms with Crippen LogP contribution in [0.4, 0.5) is 10.5 Å². The van der Waals surface area contributed by atoms with Crippen LogP contribution in [0, 0.1) is 0 Å². The molecule has 1 saturated heterocycles. The van der Waals surface area contributed by atoms with Crippen molar-refractivity contribution in [3.8, 4) is 0 Å². The summed E-state index contributed by atoms with van der Waals surface area (Å²) >= 11 is 0. The second-order valence-electron chi connectivity index (χ2n) is 8.52. The third-order valence-electron chi connectivity index (χ3n) is 4.47. The number of hydrogen-bond donors (Lipinski definition) is 2. The van der Waals surface area contributed by atoms with Crippen LogP contribution in [-0.4, -0.2) is 38.4 Å². The zero-order valence-electron chi connectivity index (χ0n) is 16.7. The molecule has 8 nitrogen and oxygen atoms in total. The smallest absolute Gasteiger partial charge is 0.444 e. The Morgan fingerprint density at radius 2 is 1.67 bits per heavy atom. The number of sulfonamides is 1. The summed E-state index contributed by atoms with van der Waals surface area (Å²) in [6, 6.07) is 4.39. The molecule has 0 aliphatic carbocycles. The van der Waals surface area contributed by atoms with Gasteiger partial charge in [-0.1, -0.05) is 6.07 Å². The van der Waals surface area contributed by atoms with E-state index in [2.05, 4.69) is 5.32 Å². The van der Waals surface area contributed by atoms with Gasteiger partial charge < -0.3 is 14.0 Å². The maximum atomic E-state index is 12.0. The lowest BCUT2D eigenvalue weighted by Crippen LogP contribution is -2.41. The van der Waals surface area contributed by atoms with Gasteiger partial charge in [-0.05, 0) is 66.1 Å². The van der Waals surface area contributed by atoms with E-state index < -0.39 is 40.0 Å². The van der Waals surface area contributed by atoms with E-state index in [1.54, 1.807) is 26.8 Å². The Hall–Kier alpha value is -1.62. The second-order valence-corrected chi connectivity index (χ2v) is 10.0. The fraction of sp³-hybridized carbons (Fsp3) is 0.588. The monoisotopic (exact) mass is 398 g/mol. The van der Waals surface area contributed by atoms with Gasteiger partial charge in [0.25, 0.3) is 0 Å². The van der Waals surface area contributed by atoms with E-state index in [1.165, 1.54) is 12.1 Å². The van der Waals surface area contributed by atoms with Gasteiger partial charge in [0.15, 0.2) is 0 Å². The first-order valence-electron chi connectivity index (χ1n) is 8.54. The second kappa shape index (κ2) is 6.77. The number of carbonyl (C=O) groups excluding carboxylic acids is 1. The molecule has 10 heteroatoms. The lowest BCUT2D eigenvalue weighted by Gasteiger charge is -2.32. The summed E-state index contributed by atoms with van der Waals surface area (Å²) < 4.78 is 41.1. The molecule has 2 rings (SSSR count). The zero-order valence-corrected chi connectivity index (χ0v) is 17.6. The molecule has 1 aromatic rings. The summed E-state index contributed by atoms with van der Waals surface area (Å²) in [4.78, 5) is 11.8. The normalized spacial score (nSPS) is 19.0. The number of primary sulfonamides is 1. The van der Waals surface area contributed by atoms with Gasteiger partial charge in [-0.2, -0.15) is 0 Å². The number of hydrogen-bond acceptors (Lipinski definition) is 6. The van der Waals surface area contributed by atoms with E-state index in [1.807, 2.05) is 27.7 Å². The van der Waals surface area contributed by atoms with E-state index in [-0.39, 0.29) is 10.6 Å². The van der Waals surface area contributed by atoms with Crippen LogP contribution < -0.4 is 15.9 Å². The van der Waals surface area contributed by atoms with Crippen molar-refractivity contribution in [2.75, 3.05) is 5.32 Å². The molecule has 27 heavy (non-hydrogen) atoms. The third kappa shape index (κ3) is 5.01. The van der Waals surface area contributed by atoms with Crippen LogP contribution in [-0.2, 0) is 24.1 Å². The number of nitrogens with two attached hydrogens (primary N) is 1. The van der Waals surface area contributed by atoms with Gasteiger partial charge in [-0.15, -0.1) is 0 Å². The lowest BCUT2D eigenvalue weighted by atomic mass is 9.79. The van der Waals surface area contributed by atoms with Crippen LogP contribution in [0.1, 0.15) is 48.5 Å². The molecule has 0 bridgehead atoms. The Bertz CT molecular complexity index is 829. The quantitative estimate of drug-likeness (QED) is 0.752. The molecule has 0 atom stereocenters. The Morgan fingerprint density at radius 1 is 1.15 bits per heavy atom. The number of amides is 1. The number of ether oxygens (including phenoxy) is 1. The van der Waals surface area contributed by atoms with E-state index in [4.69, 9.17) is 19.2 Å². The van der Waals surface area contributed by atoms with Crippen molar-refractivity contribution >= 4 is 34.4 Å². The van der Waals surface area contributed by atoms with E-state index in [0.717, 1.165) is 0 Å². The first-order valence-corrected chi connectivity index (χ1v) is 10.1. The number of benzene rings is 1. The molecule has 0 spiro atoms. The van der Waals surface area contributed by atoms with Gasteiger partial charge in [0.05, 0.1) is 16.9 Å². The van der Waals surface area contributed by atoms with Crippen LogP contribution in [0.3, 0.4) is 0 Å². The van der Waals surface area contributed by atoms with Crippen molar-refractivity contribution in [2.24, 2.45) is 5.14 Å². The largest absolute Gasteiger partial charge is 0.494 e. The molecular formula is C17H27BN2O6S. The minimum atomic E-state index is -4.11. The first kappa shape index (κ1) is 21.7. The number of anilines is 1. The van der Waals surface area contributed by atoms with Crippen molar-refractivity contribution in [3.63, 3.8) is 0 Å². The van der Waals surface area contributed by atoms with Crippen LogP contribution in [0.2, 0.25) is 0 Å². The Labute approximate surface area is 160 Å². The predicted molar refractivity (Wildman–Crippen MR) is 103 cm³/mol. The summed E-state index contributed by atoms with van der Waals surface area (Å²) in [5.41, 5.74) is -1.38. The SMILES string of the molecule is CC(C)(C)OC(=O)Nc1ccc(B2OC(C)(C)C(C)(C)O2)cc1S(N)(=O)=O. The van der Waals surface area contributed by atoms with Crippen molar-refractivity contribution in [1.82, 2.24) is 0 Å². The lowest BCUT2D eigenvalue weighted by molar-refractivity contribution is 0.00578. The van der Waals surface area contributed by atoms with E-state index >= 15 is 0 Å². The molecule has 1 aliphatic rings. The number of rotatable bonds is 3. The van der Waals surface area contributed by atoms with Crippen molar-refractivity contribution in [3.05, 3.63) is 18.2 Å². The number of carbonyl (C=O) groups is 1. The average Bonchev–Trinajstić information content (AvgIpc) is 2.64. The first-order chi connectivity index (χ1) is 12.0. The molecule has 1 aromatic carbocycles. The molecule has 1 fully saturated rings. The standard InChI is InChI=1S/C17H27BN2O6S/c1-15(2,3)24-14(21)20-12-9-8-11(10-13(12)27(19,22)23)18-25-16(4,5)17(6,7)26-18/h8-10H,1-7H3,(H,20,21)(H2,19,22,23). The topological polar surface area (TPSA) is 117 Å². The fourth-order valence-electron chi connectivity index (χ4n) is 2.42. The molecule has 0 radical (unpaired) electrons. The van der Waals surface area contributed by atoms with Gasteiger partial charge in [0, 0.05) is 0 Å². The fourth-order valence-corrected chi connectivity index (χ4v) is 3.14. The zero-order chi connectivity index (χ0) is 20.8. The molecule has 1 aliphatic heterocycles. The van der Waals surface area contributed by atoms with Gasteiger partial charge in [0.2, 0.25) is 10.0 Å². The minimum Gasteiger partial charge on any atom is -0.444 e. The van der Waals surface area contributed by atoms with Gasteiger partial charge in [0.1, 0.15) is 10.5 Å². The highest BCUT2D eigenvalue weighted by Gasteiger charge is 2.51. The maximum Gasteiger partial charge on any atom is 0.494 e. The van der Waals surface area contributed by atoms with Crippen molar-refractivity contribution in [2.45, 2.75) is 70.2 Å². The molecule has 150 valence electrons. The minimum absolute atomic E-state index is 0.0204. The van der Waals surface area contributed by atoms with Crippen LogP contribution in [0.15, 0.2) is 23.1 Å². The Morgan fingerprint density at radius 3 is 2.11 bits per heavy atom. The van der Waals surface area contributed by atoms with Crippen LogP contribution in [0.25, 0.3) is 0 Å². The molecule has 1 heterocycles. The Kier molecular flexibility index (Phi) is 5.44. The predicted octanol–water partition coefficient (Wildman–Crippen LogP) is 1.98. The third-order valence-corrected chi connectivity index (χ3v) is 5.42. The van der Waals surface area contributed by atoms with Gasteiger partial charge >= 0.3 is 13.2 Å². The highest BCUT2D eigenvalue weighted by molar-refractivity contribution is 7.89. The van der Waals surface area contributed by atoms with Crippen LogP contribution in [0.5, 0.6) is 0 Å². The molecule has 0 aromatic heterocycles. The van der Waals surface area contributed by atoms with Gasteiger partial charge in [-0.25, -0.2) is 18.4 Å². The van der Waals surface area contributed by atoms with Crippen molar-refractivity contribution in [1.29, 1.82) is 0 Å². The molecule has 3 N–H and O–H groups in total. The summed E-state index contributed by atoms with van der Waals surface area (Å²) in [5.74, 6) is 0. The van der Waals surface area contributed by atoms with Crippen molar-refractivity contribution < 1.29 is 27.3 Å². The van der Waals surface area contributed by atoms with E-state index in [9.17, 15) is 13.2 Å². The number of nitrogens with one attached hydrogen (secondary N) is 1. The highest BCUT2D eigenvalue weighted by atomic mass is 32.2. The summed E-state index contributed by atoms with van der Waals surface area (Å²) in [6.45, 7) is 12.7. The molecule has 1 amide bonds. The molecule has 0 saturated carbocycles. The summed E-state index contributed by atoms with van der Waals surface area (Å²) in [5, 5.41) is 7.76. The average molecular weight is 398 g/mol. The molecule has 0 unspecified atom stereocenters.